The summed E-state index contributed by atoms with van der Waals surface area (Å²) < 4.78 is 31.0. The molecule has 9 heteroatoms. The van der Waals surface area contributed by atoms with E-state index in [4.69, 9.17) is 16.3 Å². The topological polar surface area (TPSA) is 88.6 Å². The van der Waals surface area contributed by atoms with Gasteiger partial charge in [0.2, 0.25) is 15.9 Å². The summed E-state index contributed by atoms with van der Waals surface area (Å²) >= 11 is 5.93. The molecule has 2 aromatic rings. The van der Waals surface area contributed by atoms with Crippen LogP contribution >= 0.6 is 11.6 Å². The highest BCUT2D eigenvalue weighted by Gasteiger charge is 2.31. The van der Waals surface area contributed by atoms with Crippen molar-refractivity contribution in [3.05, 3.63) is 53.3 Å². The van der Waals surface area contributed by atoms with Gasteiger partial charge in [0.25, 0.3) is 0 Å². The molecule has 0 unspecified atom stereocenters. The number of halogens is 1. The molecular weight excluding hydrogens is 378 g/mol. The Morgan fingerprint density at radius 2 is 2.08 bits per heavy atom. The molecule has 138 valence electrons. The minimum Gasteiger partial charge on any atom is -0.489 e. The zero-order valence-electron chi connectivity index (χ0n) is 14.1. The van der Waals surface area contributed by atoms with Gasteiger partial charge in [-0.2, -0.15) is 0 Å². The lowest BCUT2D eigenvalue weighted by molar-refractivity contribution is -0.120. The smallest absolute Gasteiger partial charge is 0.236 e. The van der Waals surface area contributed by atoms with Gasteiger partial charge in [-0.05, 0) is 17.7 Å². The summed E-state index contributed by atoms with van der Waals surface area (Å²) in [5.41, 5.74) is 1.24. The molecule has 1 N–H and O–H groups in total. The molecule has 1 aromatic carbocycles. The Labute approximate surface area is 157 Å². The summed E-state index contributed by atoms with van der Waals surface area (Å²) in [5.74, 6) is -0.361. The van der Waals surface area contributed by atoms with Gasteiger partial charge in [0.05, 0.1) is 24.9 Å². The SMILES string of the molecule is CS(=O)(=O)NC[C@@H](C(=O)N1CCOc2ccncc21)c1ccc(Cl)cc1. The number of ether oxygens (including phenoxy) is 1. The van der Waals surface area contributed by atoms with Crippen LogP contribution in [-0.4, -0.2) is 45.3 Å². The number of carbonyl (C=O) groups excluding carboxylic acids is 1. The molecule has 3 rings (SSSR count). The Morgan fingerprint density at radius 1 is 1.35 bits per heavy atom. The third-order valence-corrected chi connectivity index (χ3v) is 4.95. The van der Waals surface area contributed by atoms with Crippen LogP contribution in [0.1, 0.15) is 11.5 Å². The van der Waals surface area contributed by atoms with Gasteiger partial charge in [-0.25, -0.2) is 13.1 Å². The van der Waals surface area contributed by atoms with E-state index in [0.717, 1.165) is 6.26 Å². The highest BCUT2D eigenvalue weighted by Crippen LogP contribution is 2.32. The van der Waals surface area contributed by atoms with Gasteiger partial charge >= 0.3 is 0 Å². The molecule has 1 atom stereocenters. The van der Waals surface area contributed by atoms with Crippen molar-refractivity contribution in [2.45, 2.75) is 5.92 Å². The average molecular weight is 396 g/mol. The van der Waals surface area contributed by atoms with E-state index in [0.29, 0.717) is 35.2 Å². The van der Waals surface area contributed by atoms with Crippen LogP contribution in [0.15, 0.2) is 42.7 Å². The fourth-order valence-corrected chi connectivity index (χ4v) is 3.36. The molecule has 2 heterocycles. The summed E-state index contributed by atoms with van der Waals surface area (Å²) in [6.45, 7) is 0.669. The van der Waals surface area contributed by atoms with Crippen LogP contribution in [0.3, 0.4) is 0 Å². The first kappa shape index (κ1) is 18.6. The first-order chi connectivity index (χ1) is 12.3. The number of pyridine rings is 1. The number of amides is 1. The van der Waals surface area contributed by atoms with E-state index in [2.05, 4.69) is 9.71 Å². The summed E-state index contributed by atoms with van der Waals surface area (Å²) in [6.07, 6.45) is 4.22. The van der Waals surface area contributed by atoms with E-state index in [-0.39, 0.29) is 12.5 Å². The third-order valence-electron chi connectivity index (χ3n) is 4.01. The lowest BCUT2D eigenvalue weighted by Crippen LogP contribution is -2.44. The van der Waals surface area contributed by atoms with Crippen LogP contribution in [0.25, 0.3) is 0 Å². The molecule has 0 fully saturated rings. The predicted molar refractivity (Wildman–Crippen MR) is 99.1 cm³/mol. The molecule has 0 saturated heterocycles. The van der Waals surface area contributed by atoms with Gasteiger partial charge in [0.1, 0.15) is 18.0 Å². The molecule has 1 aromatic heterocycles. The standard InChI is InChI=1S/C17H18ClN3O4S/c1-26(23,24)20-10-14(12-2-4-13(18)5-3-12)17(22)21-8-9-25-16-6-7-19-11-15(16)21/h2-7,11,14,20H,8-10H2,1H3/t14-/m1/s1. The van der Waals surface area contributed by atoms with Crippen LogP contribution in [0, 0.1) is 0 Å². The van der Waals surface area contributed by atoms with Crippen molar-refractivity contribution < 1.29 is 17.9 Å². The molecule has 7 nitrogen and oxygen atoms in total. The van der Waals surface area contributed by atoms with E-state index in [1.807, 2.05) is 0 Å². The molecule has 0 saturated carbocycles. The van der Waals surface area contributed by atoms with Crippen LogP contribution in [0.5, 0.6) is 5.75 Å². The Balaban J connectivity index is 1.93. The summed E-state index contributed by atoms with van der Waals surface area (Å²) in [7, 11) is -3.44. The Hall–Kier alpha value is -2.16. The van der Waals surface area contributed by atoms with Gasteiger partial charge in [-0.15, -0.1) is 0 Å². The van der Waals surface area contributed by atoms with Crippen molar-refractivity contribution in [2.24, 2.45) is 0 Å². The lowest BCUT2D eigenvalue weighted by Gasteiger charge is -2.32. The number of rotatable bonds is 5. The number of benzene rings is 1. The minimum atomic E-state index is -3.44. The van der Waals surface area contributed by atoms with E-state index in [1.165, 1.54) is 0 Å². The highest BCUT2D eigenvalue weighted by atomic mass is 35.5. The second-order valence-corrected chi connectivity index (χ2v) is 8.18. The number of carbonyl (C=O) groups is 1. The Bertz CT molecular complexity index is 902. The maximum absolute atomic E-state index is 13.2. The van der Waals surface area contributed by atoms with Gasteiger partial charge < -0.3 is 9.64 Å². The maximum atomic E-state index is 13.2. The van der Waals surface area contributed by atoms with Gasteiger partial charge in [-0.1, -0.05) is 23.7 Å². The number of sulfonamides is 1. The first-order valence-electron chi connectivity index (χ1n) is 7.93. The molecule has 0 radical (unpaired) electrons. The van der Waals surface area contributed by atoms with Gasteiger partial charge in [0, 0.05) is 23.8 Å². The van der Waals surface area contributed by atoms with Crippen molar-refractivity contribution in [2.75, 3.05) is 30.9 Å². The molecule has 0 spiro atoms. The second kappa shape index (κ2) is 7.61. The van der Waals surface area contributed by atoms with Gasteiger partial charge in [-0.3, -0.25) is 9.78 Å². The number of nitrogens with one attached hydrogen (secondary N) is 1. The third kappa shape index (κ3) is 4.32. The highest BCUT2D eigenvalue weighted by molar-refractivity contribution is 7.88. The molecule has 1 aliphatic heterocycles. The van der Waals surface area contributed by atoms with Crippen LogP contribution < -0.4 is 14.4 Å². The van der Waals surface area contributed by atoms with Crippen molar-refractivity contribution in [3.63, 3.8) is 0 Å². The number of hydrogen-bond acceptors (Lipinski definition) is 5. The first-order valence-corrected chi connectivity index (χ1v) is 10.2. The minimum absolute atomic E-state index is 0.0494. The van der Waals surface area contributed by atoms with Crippen molar-refractivity contribution in [3.8, 4) is 5.75 Å². The zero-order chi connectivity index (χ0) is 18.7. The Kier molecular flexibility index (Phi) is 5.45. The van der Waals surface area contributed by atoms with E-state index >= 15 is 0 Å². The number of aromatic nitrogens is 1. The molecular formula is C17H18ClN3O4S. The van der Waals surface area contributed by atoms with E-state index < -0.39 is 15.9 Å². The average Bonchev–Trinajstić information content (AvgIpc) is 2.61. The second-order valence-electron chi connectivity index (χ2n) is 5.91. The van der Waals surface area contributed by atoms with E-state index in [9.17, 15) is 13.2 Å². The number of anilines is 1. The van der Waals surface area contributed by atoms with Crippen LogP contribution in [0.2, 0.25) is 5.02 Å². The fourth-order valence-electron chi connectivity index (χ4n) is 2.76. The maximum Gasteiger partial charge on any atom is 0.236 e. The normalized spacial score (nSPS) is 15.1. The number of hydrogen-bond donors (Lipinski definition) is 1. The Morgan fingerprint density at radius 3 is 2.77 bits per heavy atom. The predicted octanol–water partition coefficient (Wildman–Crippen LogP) is 1.79. The summed E-state index contributed by atoms with van der Waals surface area (Å²) in [4.78, 5) is 18.9. The number of fused-ring (bicyclic) bond motifs is 1. The van der Waals surface area contributed by atoms with Crippen LogP contribution in [-0.2, 0) is 14.8 Å². The molecule has 0 bridgehead atoms. The van der Waals surface area contributed by atoms with Crippen molar-refractivity contribution in [1.29, 1.82) is 0 Å². The zero-order valence-corrected chi connectivity index (χ0v) is 15.6. The number of nitrogens with zero attached hydrogens (tertiary/aromatic N) is 2. The van der Waals surface area contributed by atoms with Crippen molar-refractivity contribution >= 4 is 33.2 Å². The fraction of sp³-hybridized carbons (Fsp3) is 0.294. The molecule has 1 aliphatic rings. The van der Waals surface area contributed by atoms with E-state index in [1.54, 1.807) is 47.6 Å². The summed E-state index contributed by atoms with van der Waals surface area (Å²) in [5, 5.41) is 0.539. The quantitative estimate of drug-likeness (QED) is 0.833. The largest absolute Gasteiger partial charge is 0.489 e. The van der Waals surface area contributed by atoms with Crippen molar-refractivity contribution in [1.82, 2.24) is 9.71 Å². The lowest BCUT2D eigenvalue weighted by atomic mass is 9.97. The molecule has 0 aliphatic carbocycles. The van der Waals surface area contributed by atoms with Gasteiger partial charge in [0.15, 0.2) is 0 Å². The monoisotopic (exact) mass is 395 g/mol. The molecule has 1 amide bonds. The summed E-state index contributed by atoms with van der Waals surface area (Å²) in [6, 6.07) is 8.48. The van der Waals surface area contributed by atoms with Crippen LogP contribution in [0.4, 0.5) is 5.69 Å². The molecule has 26 heavy (non-hydrogen) atoms.